The molecule has 0 aliphatic rings. The third kappa shape index (κ3) is 3.74. The van der Waals surface area contributed by atoms with Crippen LogP contribution in [0.1, 0.15) is 0 Å². The minimum Gasteiger partial charge on any atom is -0.330 e. The molecule has 0 saturated carbocycles. The van der Waals surface area contributed by atoms with Gasteiger partial charge in [0.2, 0.25) is 0 Å². The summed E-state index contributed by atoms with van der Waals surface area (Å²) in [6.07, 6.45) is -4.57. The highest BCUT2D eigenvalue weighted by atomic mass is 32.2. The van der Waals surface area contributed by atoms with Crippen molar-refractivity contribution in [3.63, 3.8) is 0 Å². The van der Waals surface area contributed by atoms with Gasteiger partial charge < -0.3 is 5.73 Å². The van der Waals surface area contributed by atoms with Crippen LogP contribution in [0, 0.1) is 17.6 Å². The highest BCUT2D eigenvalue weighted by Crippen LogP contribution is 2.27. The number of halogens is 5. The highest BCUT2D eigenvalue weighted by Gasteiger charge is 2.39. The fourth-order valence-corrected chi connectivity index (χ4v) is 2.53. The van der Waals surface area contributed by atoms with Crippen molar-refractivity contribution in [2.45, 2.75) is 11.1 Å². The molecule has 0 fully saturated rings. The quantitative estimate of drug-likeness (QED) is 0.863. The summed E-state index contributed by atoms with van der Waals surface area (Å²) in [5.74, 6) is -5.11. The smallest absolute Gasteiger partial charge is 0.330 e. The highest BCUT2D eigenvalue weighted by molar-refractivity contribution is 7.85. The first-order valence-corrected chi connectivity index (χ1v) is 6.17. The second-order valence-electron chi connectivity index (χ2n) is 3.56. The first-order valence-electron chi connectivity index (χ1n) is 4.86. The van der Waals surface area contributed by atoms with Crippen LogP contribution in [0.4, 0.5) is 22.0 Å². The monoisotopic (exact) mass is 287 g/mol. The van der Waals surface area contributed by atoms with E-state index in [1.54, 1.807) is 0 Å². The number of hydrogen-bond donors (Lipinski definition) is 1. The molecule has 2 atom stereocenters. The van der Waals surface area contributed by atoms with Gasteiger partial charge in [0, 0.05) is 17.2 Å². The van der Waals surface area contributed by atoms with Crippen LogP contribution in [0.2, 0.25) is 0 Å². The molecule has 0 aliphatic heterocycles. The van der Waals surface area contributed by atoms with Gasteiger partial charge in [0.25, 0.3) is 0 Å². The van der Waals surface area contributed by atoms with E-state index in [2.05, 4.69) is 0 Å². The minimum absolute atomic E-state index is 0.198. The van der Waals surface area contributed by atoms with Crippen LogP contribution < -0.4 is 5.73 Å². The number of alkyl halides is 3. The summed E-state index contributed by atoms with van der Waals surface area (Å²) < 4.78 is 74.2. The summed E-state index contributed by atoms with van der Waals surface area (Å²) in [7, 11) is -2.09. The van der Waals surface area contributed by atoms with Crippen molar-refractivity contribution in [3.8, 4) is 0 Å². The Morgan fingerprint density at radius 2 is 1.83 bits per heavy atom. The first kappa shape index (κ1) is 15.0. The van der Waals surface area contributed by atoms with Gasteiger partial charge in [-0.05, 0) is 18.2 Å². The average Bonchev–Trinajstić information content (AvgIpc) is 2.27. The van der Waals surface area contributed by atoms with E-state index in [1.165, 1.54) is 0 Å². The normalized spacial score (nSPS) is 15.4. The Kier molecular flexibility index (Phi) is 4.80. The van der Waals surface area contributed by atoms with Crippen LogP contribution in [0.3, 0.4) is 0 Å². The van der Waals surface area contributed by atoms with Gasteiger partial charge in [0.15, 0.2) is 11.6 Å². The molecular weight excluding hydrogens is 277 g/mol. The summed E-state index contributed by atoms with van der Waals surface area (Å²) >= 11 is 0. The lowest BCUT2D eigenvalue weighted by molar-refractivity contribution is -0.165. The third-order valence-corrected chi connectivity index (χ3v) is 3.74. The van der Waals surface area contributed by atoms with Gasteiger partial charge in [-0.25, -0.2) is 8.78 Å². The second-order valence-corrected chi connectivity index (χ2v) is 5.06. The van der Waals surface area contributed by atoms with Crippen molar-refractivity contribution in [1.82, 2.24) is 0 Å². The van der Waals surface area contributed by atoms with E-state index in [9.17, 15) is 26.2 Å². The lowest BCUT2D eigenvalue weighted by Gasteiger charge is -2.17. The van der Waals surface area contributed by atoms with Gasteiger partial charge in [0.05, 0.1) is 16.7 Å². The molecule has 0 aliphatic carbocycles. The number of nitrogens with two attached hydrogens (primary N) is 1. The maximum Gasteiger partial charge on any atom is 0.393 e. The number of hydrogen-bond acceptors (Lipinski definition) is 2. The molecule has 1 rings (SSSR count). The molecule has 0 bridgehead atoms. The van der Waals surface area contributed by atoms with E-state index >= 15 is 0 Å². The maximum absolute atomic E-state index is 12.8. The van der Waals surface area contributed by atoms with Gasteiger partial charge >= 0.3 is 6.18 Å². The Balaban J connectivity index is 2.85. The summed E-state index contributed by atoms with van der Waals surface area (Å²) in [6, 6.07) is 2.32. The predicted molar refractivity (Wildman–Crippen MR) is 56.2 cm³/mol. The van der Waals surface area contributed by atoms with Crippen LogP contribution in [0.5, 0.6) is 0 Å². The van der Waals surface area contributed by atoms with Crippen molar-refractivity contribution in [2.75, 3.05) is 12.3 Å². The standard InChI is InChI=1S/C10H10F5NOS/c11-8-2-1-7(3-9(8)12)18(17)5-6(4-16)10(13,14)15/h1-3,6H,4-5,16H2. The molecule has 0 saturated heterocycles. The third-order valence-electron chi connectivity index (χ3n) is 2.25. The Morgan fingerprint density at radius 3 is 2.28 bits per heavy atom. The Hall–Kier alpha value is -1.02. The van der Waals surface area contributed by atoms with Crippen LogP contribution in [-0.4, -0.2) is 22.7 Å². The molecule has 8 heteroatoms. The zero-order valence-corrected chi connectivity index (χ0v) is 9.82. The summed E-state index contributed by atoms with van der Waals surface area (Å²) in [4.78, 5) is -0.198. The van der Waals surface area contributed by atoms with Gasteiger partial charge in [-0.15, -0.1) is 0 Å². The molecule has 0 heterocycles. The molecule has 1 aromatic carbocycles. The topological polar surface area (TPSA) is 43.1 Å². The Labute approximate surface area is 102 Å². The second kappa shape index (κ2) is 5.75. The van der Waals surface area contributed by atoms with E-state index in [4.69, 9.17) is 5.73 Å². The Morgan fingerprint density at radius 1 is 1.22 bits per heavy atom. The fraction of sp³-hybridized carbons (Fsp3) is 0.400. The van der Waals surface area contributed by atoms with Crippen molar-refractivity contribution in [3.05, 3.63) is 29.8 Å². The predicted octanol–water partition coefficient (Wildman–Crippen LogP) is 2.21. The van der Waals surface area contributed by atoms with Crippen LogP contribution in [-0.2, 0) is 10.8 Å². The summed E-state index contributed by atoms with van der Waals surface area (Å²) in [5.41, 5.74) is 4.95. The largest absolute Gasteiger partial charge is 0.393 e. The van der Waals surface area contributed by atoms with Crippen LogP contribution in [0.25, 0.3) is 0 Å². The van der Waals surface area contributed by atoms with Crippen molar-refractivity contribution in [2.24, 2.45) is 11.7 Å². The summed E-state index contributed by atoms with van der Waals surface area (Å²) in [5, 5.41) is 0. The molecule has 0 spiro atoms. The molecule has 0 radical (unpaired) electrons. The molecule has 2 unspecified atom stereocenters. The average molecular weight is 287 g/mol. The van der Waals surface area contributed by atoms with Gasteiger partial charge in [0.1, 0.15) is 0 Å². The lowest BCUT2D eigenvalue weighted by Crippen LogP contribution is -2.34. The number of rotatable bonds is 4. The van der Waals surface area contributed by atoms with E-state index in [1.807, 2.05) is 0 Å². The van der Waals surface area contributed by atoms with Crippen molar-refractivity contribution < 1.29 is 26.2 Å². The van der Waals surface area contributed by atoms with E-state index in [-0.39, 0.29) is 4.90 Å². The van der Waals surface area contributed by atoms with Crippen molar-refractivity contribution in [1.29, 1.82) is 0 Å². The first-order chi connectivity index (χ1) is 8.25. The lowest BCUT2D eigenvalue weighted by atomic mass is 10.2. The SMILES string of the molecule is NCC(CS(=O)c1ccc(F)c(F)c1)C(F)(F)F. The Bertz CT molecular complexity index is 448. The molecule has 2 N–H and O–H groups in total. The molecule has 0 aromatic heterocycles. The van der Waals surface area contributed by atoms with E-state index in [0.29, 0.717) is 12.1 Å². The van der Waals surface area contributed by atoms with Crippen LogP contribution >= 0.6 is 0 Å². The van der Waals surface area contributed by atoms with Gasteiger partial charge in [-0.3, -0.25) is 4.21 Å². The van der Waals surface area contributed by atoms with Gasteiger partial charge in [-0.2, -0.15) is 13.2 Å². The zero-order valence-electron chi connectivity index (χ0n) is 9.01. The molecule has 2 nitrogen and oxygen atoms in total. The number of benzene rings is 1. The zero-order chi connectivity index (χ0) is 13.9. The van der Waals surface area contributed by atoms with Crippen LogP contribution in [0.15, 0.2) is 23.1 Å². The molecule has 0 amide bonds. The molecule has 18 heavy (non-hydrogen) atoms. The molecular formula is C10H10F5NOS. The minimum atomic E-state index is -4.57. The molecule has 102 valence electrons. The molecule has 1 aromatic rings. The fourth-order valence-electron chi connectivity index (χ4n) is 1.19. The van der Waals surface area contributed by atoms with Gasteiger partial charge in [-0.1, -0.05) is 0 Å². The van der Waals surface area contributed by atoms with Crippen molar-refractivity contribution >= 4 is 10.8 Å². The van der Waals surface area contributed by atoms with E-state index in [0.717, 1.165) is 6.07 Å². The van der Waals surface area contributed by atoms with E-state index < -0.39 is 46.8 Å². The maximum atomic E-state index is 12.8. The summed E-state index contributed by atoms with van der Waals surface area (Å²) in [6.45, 7) is -0.709.